The molecule has 1 aliphatic rings. The van der Waals surface area contributed by atoms with Gasteiger partial charge in [0.15, 0.2) is 0 Å². The van der Waals surface area contributed by atoms with Crippen molar-refractivity contribution in [3.8, 4) is 0 Å². The van der Waals surface area contributed by atoms with Crippen LogP contribution in [0.1, 0.15) is 12.8 Å². The van der Waals surface area contributed by atoms with E-state index in [-0.39, 0.29) is 10.6 Å². The van der Waals surface area contributed by atoms with Crippen LogP contribution in [0.25, 0.3) is 0 Å². The highest BCUT2D eigenvalue weighted by atomic mass is 16.6. The van der Waals surface area contributed by atoms with Crippen LogP contribution in [0.2, 0.25) is 0 Å². The molecule has 0 bridgehead atoms. The summed E-state index contributed by atoms with van der Waals surface area (Å²) in [6.45, 7) is 2.49. The van der Waals surface area contributed by atoms with E-state index in [9.17, 15) is 10.1 Å². The Bertz CT molecular complexity index is 445. The van der Waals surface area contributed by atoms with Crippen molar-refractivity contribution in [2.45, 2.75) is 12.8 Å². The highest BCUT2D eigenvalue weighted by Gasteiger charge is 2.15. The Labute approximate surface area is 112 Å². The molecule has 1 aromatic carbocycles. The lowest BCUT2D eigenvalue weighted by Crippen LogP contribution is -2.09. The van der Waals surface area contributed by atoms with E-state index in [2.05, 4.69) is 10.6 Å². The molecule has 1 unspecified atom stereocenters. The summed E-state index contributed by atoms with van der Waals surface area (Å²) in [6, 6.07) is 4.96. The number of rotatable bonds is 6. The SMILES string of the molecule is CNc1cc(NCCC2CCOC2)cc([N+](=O)[O-])c1. The number of hydrogen-bond acceptors (Lipinski definition) is 5. The minimum Gasteiger partial charge on any atom is -0.388 e. The van der Waals surface area contributed by atoms with Gasteiger partial charge in [-0.25, -0.2) is 0 Å². The second-order valence-electron chi connectivity index (χ2n) is 4.72. The van der Waals surface area contributed by atoms with Crippen molar-refractivity contribution in [2.75, 3.05) is 37.4 Å². The number of nitro benzene ring substituents is 1. The van der Waals surface area contributed by atoms with Crippen molar-refractivity contribution in [1.82, 2.24) is 0 Å². The normalized spacial score (nSPS) is 18.3. The van der Waals surface area contributed by atoms with Gasteiger partial charge in [0.2, 0.25) is 0 Å². The van der Waals surface area contributed by atoms with Crippen molar-refractivity contribution >= 4 is 17.1 Å². The molecule has 1 saturated heterocycles. The monoisotopic (exact) mass is 265 g/mol. The smallest absolute Gasteiger partial charge is 0.273 e. The number of nitrogens with zero attached hydrogens (tertiary/aromatic N) is 1. The average molecular weight is 265 g/mol. The summed E-state index contributed by atoms with van der Waals surface area (Å²) in [7, 11) is 1.75. The van der Waals surface area contributed by atoms with Crippen LogP contribution in [0.3, 0.4) is 0 Å². The van der Waals surface area contributed by atoms with E-state index < -0.39 is 0 Å². The molecule has 6 heteroatoms. The van der Waals surface area contributed by atoms with E-state index >= 15 is 0 Å². The Morgan fingerprint density at radius 3 is 2.84 bits per heavy atom. The fraction of sp³-hybridized carbons (Fsp3) is 0.538. The lowest BCUT2D eigenvalue weighted by Gasteiger charge is -2.11. The van der Waals surface area contributed by atoms with Crippen LogP contribution in [0, 0.1) is 16.0 Å². The third kappa shape index (κ3) is 3.82. The number of benzene rings is 1. The molecule has 1 aliphatic heterocycles. The number of hydrogen-bond donors (Lipinski definition) is 2. The summed E-state index contributed by atoms with van der Waals surface area (Å²) in [5.74, 6) is 0.606. The predicted molar refractivity (Wildman–Crippen MR) is 74.7 cm³/mol. The summed E-state index contributed by atoms with van der Waals surface area (Å²) in [4.78, 5) is 10.5. The van der Waals surface area contributed by atoms with Crippen LogP contribution in [-0.2, 0) is 4.74 Å². The molecule has 0 aliphatic carbocycles. The molecule has 0 amide bonds. The highest BCUT2D eigenvalue weighted by Crippen LogP contribution is 2.24. The fourth-order valence-corrected chi connectivity index (χ4v) is 2.19. The number of non-ortho nitro benzene ring substituents is 1. The molecular weight excluding hydrogens is 246 g/mol. The van der Waals surface area contributed by atoms with Crippen molar-refractivity contribution in [3.05, 3.63) is 28.3 Å². The van der Waals surface area contributed by atoms with Crippen molar-refractivity contribution < 1.29 is 9.66 Å². The lowest BCUT2D eigenvalue weighted by molar-refractivity contribution is -0.384. The van der Waals surface area contributed by atoms with E-state index in [4.69, 9.17) is 4.74 Å². The van der Waals surface area contributed by atoms with Gasteiger partial charge in [-0.2, -0.15) is 0 Å². The summed E-state index contributed by atoms with van der Waals surface area (Å²) in [5.41, 5.74) is 1.61. The molecule has 0 radical (unpaired) electrons. The third-order valence-electron chi connectivity index (χ3n) is 3.32. The molecule has 0 saturated carbocycles. The molecule has 0 aromatic heterocycles. The van der Waals surface area contributed by atoms with Gasteiger partial charge in [-0.3, -0.25) is 10.1 Å². The van der Waals surface area contributed by atoms with Crippen molar-refractivity contribution in [3.63, 3.8) is 0 Å². The van der Waals surface area contributed by atoms with E-state index in [0.717, 1.165) is 44.0 Å². The van der Waals surface area contributed by atoms with Gasteiger partial charge in [-0.1, -0.05) is 0 Å². The number of nitro groups is 1. The first-order valence-electron chi connectivity index (χ1n) is 6.48. The molecule has 104 valence electrons. The first-order chi connectivity index (χ1) is 9.19. The highest BCUT2D eigenvalue weighted by molar-refractivity contribution is 5.63. The van der Waals surface area contributed by atoms with Gasteiger partial charge in [-0.15, -0.1) is 0 Å². The van der Waals surface area contributed by atoms with Gasteiger partial charge in [0.25, 0.3) is 5.69 Å². The molecular formula is C13H19N3O3. The van der Waals surface area contributed by atoms with Gasteiger partial charge in [0, 0.05) is 50.3 Å². The topological polar surface area (TPSA) is 76.4 Å². The van der Waals surface area contributed by atoms with Gasteiger partial charge in [0.05, 0.1) is 4.92 Å². The minimum atomic E-state index is -0.378. The predicted octanol–water partition coefficient (Wildman–Crippen LogP) is 2.48. The first-order valence-corrected chi connectivity index (χ1v) is 6.48. The van der Waals surface area contributed by atoms with E-state index in [1.807, 2.05) is 6.07 Å². The maximum atomic E-state index is 10.8. The second kappa shape index (κ2) is 6.38. The fourth-order valence-electron chi connectivity index (χ4n) is 2.19. The van der Waals surface area contributed by atoms with Crippen LogP contribution < -0.4 is 10.6 Å². The number of anilines is 2. The van der Waals surface area contributed by atoms with E-state index in [0.29, 0.717) is 5.92 Å². The van der Waals surface area contributed by atoms with Crippen LogP contribution in [0.4, 0.5) is 17.1 Å². The Kier molecular flexibility index (Phi) is 4.57. The van der Waals surface area contributed by atoms with Crippen molar-refractivity contribution in [2.24, 2.45) is 5.92 Å². The van der Waals surface area contributed by atoms with E-state index in [1.165, 1.54) is 6.07 Å². The first kappa shape index (κ1) is 13.6. The Morgan fingerprint density at radius 2 is 2.21 bits per heavy atom. The molecule has 1 aromatic rings. The number of ether oxygens (including phenoxy) is 1. The number of nitrogens with one attached hydrogen (secondary N) is 2. The molecule has 1 fully saturated rings. The zero-order chi connectivity index (χ0) is 13.7. The van der Waals surface area contributed by atoms with Crippen LogP contribution in [0.5, 0.6) is 0 Å². The summed E-state index contributed by atoms with van der Waals surface area (Å²) in [6.07, 6.45) is 2.13. The Balaban J connectivity index is 1.94. The Hall–Kier alpha value is -1.82. The average Bonchev–Trinajstić information content (AvgIpc) is 2.91. The van der Waals surface area contributed by atoms with Crippen molar-refractivity contribution in [1.29, 1.82) is 0 Å². The van der Waals surface area contributed by atoms with Crippen LogP contribution in [0.15, 0.2) is 18.2 Å². The van der Waals surface area contributed by atoms with Crippen LogP contribution >= 0.6 is 0 Å². The largest absolute Gasteiger partial charge is 0.388 e. The summed E-state index contributed by atoms with van der Waals surface area (Å²) < 4.78 is 5.32. The van der Waals surface area contributed by atoms with Gasteiger partial charge in [-0.05, 0) is 24.8 Å². The molecule has 6 nitrogen and oxygen atoms in total. The van der Waals surface area contributed by atoms with Gasteiger partial charge < -0.3 is 15.4 Å². The summed E-state index contributed by atoms with van der Waals surface area (Å²) in [5, 5.41) is 17.0. The van der Waals surface area contributed by atoms with Crippen LogP contribution in [-0.4, -0.2) is 31.7 Å². The zero-order valence-electron chi connectivity index (χ0n) is 11.0. The molecule has 2 N–H and O–H groups in total. The minimum absolute atomic E-state index is 0.0959. The maximum absolute atomic E-state index is 10.8. The Morgan fingerprint density at radius 1 is 1.42 bits per heavy atom. The quantitative estimate of drug-likeness (QED) is 0.610. The van der Waals surface area contributed by atoms with Gasteiger partial charge >= 0.3 is 0 Å². The zero-order valence-corrected chi connectivity index (χ0v) is 11.0. The molecule has 1 heterocycles. The summed E-state index contributed by atoms with van der Waals surface area (Å²) >= 11 is 0. The maximum Gasteiger partial charge on any atom is 0.273 e. The van der Waals surface area contributed by atoms with E-state index in [1.54, 1.807) is 13.1 Å². The molecule has 2 rings (SSSR count). The standard InChI is InChI=1S/C13H19N3O3/c1-14-11-6-12(8-13(7-11)16(17)18)15-4-2-10-3-5-19-9-10/h6-8,10,14-15H,2-5,9H2,1H3. The molecule has 19 heavy (non-hydrogen) atoms. The second-order valence-corrected chi connectivity index (χ2v) is 4.72. The lowest BCUT2D eigenvalue weighted by atomic mass is 10.1. The van der Waals surface area contributed by atoms with Gasteiger partial charge in [0.1, 0.15) is 0 Å². The molecule has 0 spiro atoms. The third-order valence-corrected chi connectivity index (χ3v) is 3.32. The molecule has 1 atom stereocenters.